The van der Waals surface area contributed by atoms with Crippen molar-refractivity contribution >= 4 is 28.9 Å². The molecule has 1 atom stereocenters. The molecule has 0 amide bonds. The number of thiophene rings is 1. The van der Waals surface area contributed by atoms with Crippen molar-refractivity contribution in [1.82, 2.24) is 10.1 Å². The van der Waals surface area contributed by atoms with Crippen LogP contribution in [0, 0.1) is 0 Å². The summed E-state index contributed by atoms with van der Waals surface area (Å²) in [5.41, 5.74) is 0. The Morgan fingerprint density at radius 3 is 3.12 bits per heavy atom. The van der Waals surface area contributed by atoms with Gasteiger partial charge in [-0.3, -0.25) is 4.79 Å². The van der Waals surface area contributed by atoms with Crippen LogP contribution >= 0.6 is 23.1 Å². The average Bonchev–Trinajstić information content (AvgIpc) is 2.96. The van der Waals surface area contributed by atoms with Crippen molar-refractivity contribution in [2.24, 2.45) is 0 Å². The number of aromatic nitrogens is 2. The van der Waals surface area contributed by atoms with Gasteiger partial charge in [0.1, 0.15) is 5.92 Å². The topological polar surface area (TPSA) is 56.0 Å². The predicted octanol–water partition coefficient (Wildman–Crippen LogP) is 2.20. The molecular weight excluding hydrogens is 244 g/mol. The lowest BCUT2D eigenvalue weighted by molar-refractivity contribution is -0.117. The highest BCUT2D eigenvalue weighted by Gasteiger charge is 2.31. The molecule has 0 aromatic carbocycles. The number of hydrogen-bond donors (Lipinski definition) is 0. The molecule has 0 radical (unpaired) electrons. The zero-order valence-electron chi connectivity index (χ0n) is 8.25. The lowest BCUT2D eigenvalue weighted by atomic mass is 10.1. The maximum atomic E-state index is 11.5. The van der Waals surface area contributed by atoms with E-state index in [0.717, 1.165) is 10.6 Å². The van der Waals surface area contributed by atoms with E-state index >= 15 is 0 Å². The third kappa shape index (κ3) is 1.68. The van der Waals surface area contributed by atoms with E-state index < -0.39 is 0 Å². The summed E-state index contributed by atoms with van der Waals surface area (Å²) in [5.74, 6) is 2.33. The standard InChI is InChI=1S/C10H8N2O2S2/c13-7-5-15-4-6(7)10-11-9(12-14-10)8-2-1-3-16-8/h1-3,6H,4-5H2. The molecule has 1 aliphatic rings. The molecule has 2 aromatic rings. The molecule has 3 rings (SSSR count). The molecular formula is C10H8N2O2S2. The first-order chi connectivity index (χ1) is 7.84. The largest absolute Gasteiger partial charge is 0.338 e. The molecule has 82 valence electrons. The van der Waals surface area contributed by atoms with Crippen molar-refractivity contribution in [3.05, 3.63) is 23.4 Å². The Kier molecular flexibility index (Phi) is 2.53. The van der Waals surface area contributed by atoms with Gasteiger partial charge in [-0.1, -0.05) is 11.2 Å². The summed E-state index contributed by atoms with van der Waals surface area (Å²) in [6, 6.07) is 3.87. The van der Waals surface area contributed by atoms with E-state index in [4.69, 9.17) is 4.52 Å². The van der Waals surface area contributed by atoms with Crippen molar-refractivity contribution in [3.63, 3.8) is 0 Å². The predicted molar refractivity (Wildman–Crippen MR) is 62.7 cm³/mol. The van der Waals surface area contributed by atoms with Crippen LogP contribution in [0.5, 0.6) is 0 Å². The van der Waals surface area contributed by atoms with Gasteiger partial charge in [-0.25, -0.2) is 0 Å². The number of Topliss-reactive ketones (excluding diaryl/α,β-unsaturated/α-hetero) is 1. The number of rotatable bonds is 2. The number of nitrogens with zero attached hydrogens (tertiary/aromatic N) is 2. The minimum absolute atomic E-state index is 0.186. The van der Waals surface area contributed by atoms with Crippen molar-refractivity contribution in [2.75, 3.05) is 11.5 Å². The van der Waals surface area contributed by atoms with Gasteiger partial charge < -0.3 is 4.52 Å². The van der Waals surface area contributed by atoms with Crippen molar-refractivity contribution < 1.29 is 9.32 Å². The van der Waals surface area contributed by atoms with Crippen molar-refractivity contribution in [3.8, 4) is 10.7 Å². The number of thioether (sulfide) groups is 1. The molecule has 1 unspecified atom stereocenters. The van der Waals surface area contributed by atoms with Gasteiger partial charge in [-0.15, -0.1) is 11.3 Å². The van der Waals surface area contributed by atoms with Crippen LogP contribution in [0.4, 0.5) is 0 Å². The molecule has 0 bridgehead atoms. The first-order valence-electron chi connectivity index (χ1n) is 4.82. The lowest BCUT2D eigenvalue weighted by Gasteiger charge is -1.97. The Hall–Kier alpha value is -1.14. The zero-order chi connectivity index (χ0) is 11.0. The average molecular weight is 252 g/mol. The number of hydrogen-bond acceptors (Lipinski definition) is 6. The maximum Gasteiger partial charge on any atom is 0.238 e. The SMILES string of the molecule is O=C1CSCC1c1nc(-c2cccs2)no1. The van der Waals surface area contributed by atoms with Crippen LogP contribution in [-0.2, 0) is 4.79 Å². The molecule has 6 heteroatoms. The fourth-order valence-corrected chi connectivity index (χ4v) is 3.30. The molecule has 0 N–H and O–H groups in total. The van der Waals surface area contributed by atoms with E-state index in [9.17, 15) is 4.79 Å². The van der Waals surface area contributed by atoms with Crippen molar-refractivity contribution in [1.29, 1.82) is 0 Å². The van der Waals surface area contributed by atoms with E-state index in [1.54, 1.807) is 23.1 Å². The quantitative estimate of drug-likeness (QED) is 0.820. The van der Waals surface area contributed by atoms with Gasteiger partial charge in [0.2, 0.25) is 11.7 Å². The van der Waals surface area contributed by atoms with E-state index in [2.05, 4.69) is 10.1 Å². The molecule has 4 nitrogen and oxygen atoms in total. The summed E-state index contributed by atoms with van der Waals surface area (Å²) >= 11 is 3.17. The fourth-order valence-electron chi connectivity index (χ4n) is 1.56. The fraction of sp³-hybridized carbons (Fsp3) is 0.300. The van der Waals surface area contributed by atoms with E-state index in [0.29, 0.717) is 17.5 Å². The summed E-state index contributed by atoms with van der Waals surface area (Å²) in [6.07, 6.45) is 0. The molecule has 16 heavy (non-hydrogen) atoms. The summed E-state index contributed by atoms with van der Waals surface area (Å²) in [5, 5.41) is 5.86. The molecule has 0 spiro atoms. The Bertz CT molecular complexity index is 507. The molecule has 2 aromatic heterocycles. The van der Waals surface area contributed by atoms with E-state index in [-0.39, 0.29) is 11.7 Å². The van der Waals surface area contributed by atoms with Crippen LogP contribution in [0.2, 0.25) is 0 Å². The summed E-state index contributed by atoms with van der Waals surface area (Å²) in [4.78, 5) is 16.8. The third-order valence-corrected chi connectivity index (χ3v) is 4.32. The third-order valence-electron chi connectivity index (χ3n) is 2.40. The van der Waals surface area contributed by atoms with Crippen LogP contribution in [0.25, 0.3) is 10.7 Å². The van der Waals surface area contributed by atoms with Gasteiger partial charge in [-0.2, -0.15) is 16.7 Å². The highest BCUT2D eigenvalue weighted by atomic mass is 32.2. The second-order valence-corrected chi connectivity index (χ2v) is 5.45. The lowest BCUT2D eigenvalue weighted by Crippen LogP contribution is -2.09. The number of ketones is 1. The van der Waals surface area contributed by atoms with Gasteiger partial charge >= 0.3 is 0 Å². The summed E-state index contributed by atoms with van der Waals surface area (Å²) in [6.45, 7) is 0. The molecule has 0 aliphatic carbocycles. The van der Waals surface area contributed by atoms with Crippen LogP contribution < -0.4 is 0 Å². The summed E-state index contributed by atoms with van der Waals surface area (Å²) < 4.78 is 5.15. The Morgan fingerprint density at radius 2 is 2.44 bits per heavy atom. The smallest absolute Gasteiger partial charge is 0.238 e. The Balaban J connectivity index is 1.91. The maximum absolute atomic E-state index is 11.5. The van der Waals surface area contributed by atoms with Gasteiger partial charge in [0.05, 0.1) is 10.6 Å². The van der Waals surface area contributed by atoms with Gasteiger partial charge in [0.25, 0.3) is 0 Å². The van der Waals surface area contributed by atoms with E-state index in [1.165, 1.54) is 0 Å². The minimum Gasteiger partial charge on any atom is -0.338 e. The molecule has 0 saturated carbocycles. The first-order valence-corrected chi connectivity index (χ1v) is 6.86. The number of carbonyl (C=O) groups is 1. The number of carbonyl (C=O) groups excluding carboxylic acids is 1. The second-order valence-electron chi connectivity index (χ2n) is 3.47. The first kappa shape index (κ1) is 10.0. The Labute approximate surface area is 100 Å². The zero-order valence-corrected chi connectivity index (χ0v) is 9.88. The van der Waals surface area contributed by atoms with Crippen LogP contribution in [0.15, 0.2) is 22.0 Å². The van der Waals surface area contributed by atoms with Gasteiger partial charge in [-0.05, 0) is 11.4 Å². The molecule has 1 saturated heterocycles. The molecule has 1 aliphatic heterocycles. The van der Waals surface area contributed by atoms with E-state index in [1.807, 2.05) is 17.5 Å². The molecule has 3 heterocycles. The summed E-state index contributed by atoms with van der Waals surface area (Å²) in [7, 11) is 0. The molecule has 1 fully saturated rings. The highest BCUT2D eigenvalue weighted by molar-refractivity contribution is 8.00. The van der Waals surface area contributed by atoms with Gasteiger partial charge in [0, 0.05) is 5.75 Å². The second kappa shape index (κ2) is 4.03. The normalized spacial score (nSPS) is 20.5. The Morgan fingerprint density at radius 1 is 1.50 bits per heavy atom. The minimum atomic E-state index is -0.203. The van der Waals surface area contributed by atoms with Crippen LogP contribution in [0.3, 0.4) is 0 Å². The van der Waals surface area contributed by atoms with Crippen LogP contribution in [-0.4, -0.2) is 27.4 Å². The monoisotopic (exact) mass is 252 g/mol. The van der Waals surface area contributed by atoms with Crippen LogP contribution in [0.1, 0.15) is 11.8 Å². The highest BCUT2D eigenvalue weighted by Crippen LogP contribution is 2.30. The van der Waals surface area contributed by atoms with Gasteiger partial charge in [0.15, 0.2) is 5.78 Å². The van der Waals surface area contributed by atoms with Crippen molar-refractivity contribution in [2.45, 2.75) is 5.92 Å².